The Hall–Kier alpha value is -4.20. The van der Waals surface area contributed by atoms with Gasteiger partial charge in [-0.1, -0.05) is 12.0 Å². The van der Waals surface area contributed by atoms with Crippen LogP contribution in [0.3, 0.4) is 0 Å². The Balaban J connectivity index is 1.52. The first kappa shape index (κ1) is 27.8. The molecule has 1 aliphatic rings. The summed E-state index contributed by atoms with van der Waals surface area (Å²) >= 11 is 0. The van der Waals surface area contributed by atoms with E-state index in [0.29, 0.717) is 28.8 Å². The van der Waals surface area contributed by atoms with E-state index in [0.717, 1.165) is 31.6 Å². The van der Waals surface area contributed by atoms with Crippen LogP contribution >= 0.6 is 0 Å². The van der Waals surface area contributed by atoms with Gasteiger partial charge >= 0.3 is 6.18 Å². The van der Waals surface area contributed by atoms with Gasteiger partial charge in [-0.15, -0.1) is 0 Å². The highest BCUT2D eigenvalue weighted by Gasteiger charge is 2.30. The fraction of sp³-hybridized carbons (Fsp3) is 0.414. The average molecular weight is 534 g/mol. The second kappa shape index (κ2) is 11.7. The Labute approximate surface area is 226 Å². The van der Waals surface area contributed by atoms with Gasteiger partial charge in [0.15, 0.2) is 0 Å². The Morgan fingerprint density at radius 2 is 1.87 bits per heavy atom. The van der Waals surface area contributed by atoms with E-state index in [2.05, 4.69) is 44.5 Å². The number of anilines is 2. The number of halogens is 3. The zero-order chi connectivity index (χ0) is 28.0. The summed E-state index contributed by atoms with van der Waals surface area (Å²) in [5.74, 6) is 5.84. The van der Waals surface area contributed by atoms with Gasteiger partial charge in [0.25, 0.3) is 0 Å². The minimum atomic E-state index is -4.40. The predicted octanol–water partition coefficient (Wildman–Crippen LogP) is 5.26. The molecule has 2 aromatic heterocycles. The molecule has 0 atom stereocenters. The quantitative estimate of drug-likeness (QED) is 0.318. The number of nitrogens with one attached hydrogen (secondary N) is 2. The lowest BCUT2D eigenvalue weighted by Gasteiger charge is -2.31. The molecule has 10 heteroatoms. The number of alkyl halides is 3. The van der Waals surface area contributed by atoms with E-state index in [1.807, 2.05) is 6.07 Å². The van der Waals surface area contributed by atoms with E-state index >= 15 is 0 Å². The summed E-state index contributed by atoms with van der Waals surface area (Å²) in [5, 5.41) is 25.5. The highest BCUT2D eigenvalue weighted by molar-refractivity contribution is 5.94. The summed E-state index contributed by atoms with van der Waals surface area (Å²) in [5.41, 5.74) is 2.18. The zero-order valence-electron chi connectivity index (χ0n) is 21.9. The van der Waals surface area contributed by atoms with Gasteiger partial charge in [-0.2, -0.15) is 23.7 Å². The number of nitriles is 2. The molecule has 1 fully saturated rings. The highest BCUT2D eigenvalue weighted by Crippen LogP contribution is 2.31. The van der Waals surface area contributed by atoms with Crippen molar-refractivity contribution in [3.05, 3.63) is 54.0 Å². The molecule has 2 N–H and O–H groups in total. The van der Waals surface area contributed by atoms with Gasteiger partial charge in [0.1, 0.15) is 6.54 Å². The van der Waals surface area contributed by atoms with Crippen molar-refractivity contribution in [2.45, 2.75) is 50.9 Å². The highest BCUT2D eigenvalue weighted by atomic mass is 19.4. The maximum Gasteiger partial charge on any atom is 0.406 e. The van der Waals surface area contributed by atoms with Crippen LogP contribution in [0.4, 0.5) is 24.5 Å². The Morgan fingerprint density at radius 1 is 1.10 bits per heavy atom. The first-order valence-corrected chi connectivity index (χ1v) is 12.7. The lowest BCUT2D eigenvalue weighted by Crippen LogP contribution is -2.39. The van der Waals surface area contributed by atoms with Crippen LogP contribution in [-0.4, -0.2) is 52.8 Å². The van der Waals surface area contributed by atoms with Crippen LogP contribution in [0.1, 0.15) is 38.1 Å². The number of fused-ring (bicyclic) bond motifs is 1. The second-order valence-corrected chi connectivity index (χ2v) is 10.1. The van der Waals surface area contributed by atoms with Crippen molar-refractivity contribution in [1.29, 1.82) is 10.5 Å². The van der Waals surface area contributed by atoms with Crippen LogP contribution in [0, 0.1) is 34.5 Å². The molecular weight excluding hydrogens is 503 g/mol. The summed E-state index contributed by atoms with van der Waals surface area (Å²) < 4.78 is 41.7. The molecular formula is C29H30F3N7. The SMILES string of the molecule is CC(C)(C#N)c1ccc(NCC#Cc2cc3c(NC4CCN(CC#N)CC4)cccc3n2CC(F)(F)F)cn1. The number of pyridine rings is 1. The van der Waals surface area contributed by atoms with Gasteiger partial charge in [-0.25, -0.2) is 0 Å². The Kier molecular flexibility index (Phi) is 8.33. The molecule has 0 saturated carbocycles. The van der Waals surface area contributed by atoms with E-state index in [1.165, 1.54) is 4.57 Å². The van der Waals surface area contributed by atoms with Gasteiger partial charge in [0.2, 0.25) is 0 Å². The third-order valence-corrected chi connectivity index (χ3v) is 6.81. The molecule has 39 heavy (non-hydrogen) atoms. The molecule has 0 amide bonds. The topological polar surface area (TPSA) is 92.7 Å². The van der Waals surface area contributed by atoms with Crippen molar-refractivity contribution < 1.29 is 13.2 Å². The van der Waals surface area contributed by atoms with E-state index < -0.39 is 18.1 Å². The molecule has 1 aliphatic heterocycles. The third kappa shape index (κ3) is 7.02. The van der Waals surface area contributed by atoms with E-state index in [9.17, 15) is 18.4 Å². The number of likely N-dealkylation sites (tertiary alicyclic amines) is 1. The van der Waals surface area contributed by atoms with Crippen LogP contribution < -0.4 is 10.6 Å². The monoisotopic (exact) mass is 533 g/mol. The first-order chi connectivity index (χ1) is 18.6. The van der Waals surface area contributed by atoms with Crippen molar-refractivity contribution >= 4 is 22.3 Å². The largest absolute Gasteiger partial charge is 0.406 e. The number of hydrogen-bond acceptors (Lipinski definition) is 6. The van der Waals surface area contributed by atoms with Crippen LogP contribution in [0.15, 0.2) is 42.6 Å². The first-order valence-electron chi connectivity index (χ1n) is 12.7. The molecule has 7 nitrogen and oxygen atoms in total. The number of aromatic nitrogens is 2. The van der Waals surface area contributed by atoms with Gasteiger partial charge in [-0.05, 0) is 62.9 Å². The maximum absolute atomic E-state index is 13.5. The molecule has 1 saturated heterocycles. The van der Waals surface area contributed by atoms with Gasteiger partial charge in [-0.3, -0.25) is 9.88 Å². The van der Waals surface area contributed by atoms with Crippen molar-refractivity contribution in [2.75, 3.05) is 36.8 Å². The molecule has 0 radical (unpaired) electrons. The van der Waals surface area contributed by atoms with E-state index in [-0.39, 0.29) is 18.3 Å². The van der Waals surface area contributed by atoms with Crippen molar-refractivity contribution in [3.8, 4) is 24.0 Å². The normalized spacial score (nSPS) is 14.7. The Bertz CT molecular complexity index is 1440. The molecule has 0 bridgehead atoms. The lowest BCUT2D eigenvalue weighted by atomic mass is 9.91. The average Bonchev–Trinajstić information content (AvgIpc) is 3.25. The predicted molar refractivity (Wildman–Crippen MR) is 145 cm³/mol. The number of benzene rings is 1. The summed E-state index contributed by atoms with van der Waals surface area (Å²) in [7, 11) is 0. The molecule has 0 aliphatic carbocycles. The molecule has 0 unspecified atom stereocenters. The fourth-order valence-corrected chi connectivity index (χ4v) is 4.63. The maximum atomic E-state index is 13.5. The summed E-state index contributed by atoms with van der Waals surface area (Å²) in [6, 6.07) is 15.1. The third-order valence-electron chi connectivity index (χ3n) is 6.81. The molecule has 3 heterocycles. The van der Waals surface area contributed by atoms with Gasteiger partial charge in [0.05, 0.1) is 59.4 Å². The fourth-order valence-electron chi connectivity index (χ4n) is 4.63. The standard InChI is InChI=1S/C29H30F3N7/c1-28(2,19-34)27-9-8-22(18-36-27)35-13-4-5-23-17-24-25(37-21-10-14-38(15-11-21)16-12-33)6-3-7-26(24)39(23)20-29(30,31)32/h3,6-9,17-18,21,35,37H,10-11,13-16,20H2,1-2H3. The number of piperidine rings is 1. The van der Waals surface area contributed by atoms with Gasteiger partial charge in [0, 0.05) is 30.2 Å². The zero-order valence-corrected chi connectivity index (χ0v) is 21.9. The minimum absolute atomic E-state index is 0.175. The number of nitrogens with zero attached hydrogens (tertiary/aromatic N) is 5. The van der Waals surface area contributed by atoms with Crippen LogP contribution in [0.25, 0.3) is 10.9 Å². The Morgan fingerprint density at radius 3 is 2.51 bits per heavy atom. The molecule has 3 aromatic rings. The molecule has 202 valence electrons. The smallest absolute Gasteiger partial charge is 0.382 e. The van der Waals surface area contributed by atoms with Crippen LogP contribution in [0.5, 0.6) is 0 Å². The van der Waals surface area contributed by atoms with Crippen molar-refractivity contribution in [3.63, 3.8) is 0 Å². The van der Waals surface area contributed by atoms with Crippen molar-refractivity contribution in [2.24, 2.45) is 0 Å². The van der Waals surface area contributed by atoms with E-state index in [1.54, 1.807) is 50.4 Å². The summed E-state index contributed by atoms with van der Waals surface area (Å²) in [4.78, 5) is 6.42. The van der Waals surface area contributed by atoms with Gasteiger partial charge < -0.3 is 15.2 Å². The van der Waals surface area contributed by atoms with Crippen molar-refractivity contribution in [1.82, 2.24) is 14.5 Å². The summed E-state index contributed by atoms with van der Waals surface area (Å²) in [6.45, 7) is 4.65. The number of rotatable bonds is 7. The summed E-state index contributed by atoms with van der Waals surface area (Å²) in [6.07, 6.45) is -1.09. The number of hydrogen-bond donors (Lipinski definition) is 2. The second-order valence-electron chi connectivity index (χ2n) is 10.1. The molecule has 0 spiro atoms. The minimum Gasteiger partial charge on any atom is -0.382 e. The lowest BCUT2D eigenvalue weighted by molar-refractivity contribution is -0.140. The van der Waals surface area contributed by atoms with Crippen LogP contribution in [0.2, 0.25) is 0 Å². The molecule has 4 rings (SSSR count). The van der Waals surface area contributed by atoms with Crippen LogP contribution in [-0.2, 0) is 12.0 Å². The van der Waals surface area contributed by atoms with E-state index in [4.69, 9.17) is 5.26 Å². The molecule has 1 aromatic carbocycles.